The summed E-state index contributed by atoms with van der Waals surface area (Å²) in [5.41, 5.74) is 0.930. The highest BCUT2D eigenvalue weighted by Gasteiger charge is 2.26. The first-order valence-corrected chi connectivity index (χ1v) is 6.48. The predicted octanol–water partition coefficient (Wildman–Crippen LogP) is 3.48. The molecular formula is C13H22FNO2. The largest absolute Gasteiger partial charge is 0.368 e. The van der Waals surface area contributed by atoms with Gasteiger partial charge in [-0.2, -0.15) is 0 Å². The first kappa shape index (κ1) is 14.1. The van der Waals surface area contributed by atoms with E-state index in [-0.39, 0.29) is 0 Å². The van der Waals surface area contributed by atoms with Gasteiger partial charge in [0.25, 0.3) is 0 Å². The summed E-state index contributed by atoms with van der Waals surface area (Å²) in [7, 11) is 0. The lowest BCUT2D eigenvalue weighted by Gasteiger charge is -2.28. The van der Waals surface area contributed by atoms with Gasteiger partial charge in [0, 0.05) is 5.92 Å². The second-order valence-corrected chi connectivity index (χ2v) is 4.85. The minimum Gasteiger partial charge on any atom is -0.315 e. The highest BCUT2D eigenvalue weighted by Crippen LogP contribution is 2.29. The Bertz CT molecular complexity index is 289. The molecule has 0 aromatic carbocycles. The molecule has 0 spiro atoms. The molecule has 1 aliphatic carbocycles. The Hall–Kier alpha value is -0.930. The van der Waals surface area contributed by atoms with Crippen LogP contribution in [-0.2, 0) is 9.63 Å². The first-order valence-electron chi connectivity index (χ1n) is 6.48. The molecule has 3 nitrogen and oxygen atoms in total. The maximum atomic E-state index is 12.6. The van der Waals surface area contributed by atoms with Gasteiger partial charge >= 0.3 is 5.97 Å². The number of carbonyl (C=O) groups is 1. The molecule has 0 amide bonds. The standard InChI is InChI=1S/C13H22FNO2/c1-4-9(2)11-7-5-6-8-12(11)15-17-13(16)10(3)14/h9-11H,4-8H2,1-3H3. The summed E-state index contributed by atoms with van der Waals surface area (Å²) in [5.74, 6) is 0.0259. The Balaban J connectivity index is 2.64. The molecule has 4 heteroatoms. The van der Waals surface area contributed by atoms with Gasteiger partial charge in [-0.1, -0.05) is 31.8 Å². The van der Waals surface area contributed by atoms with Crippen molar-refractivity contribution in [3.05, 3.63) is 0 Å². The van der Waals surface area contributed by atoms with Gasteiger partial charge in [0.15, 0.2) is 6.17 Å². The SMILES string of the molecule is CCC(C)C1CCCCC1=NOC(=O)C(C)F. The summed E-state index contributed by atoms with van der Waals surface area (Å²) in [4.78, 5) is 15.7. The number of carbonyl (C=O) groups excluding carboxylic acids is 1. The van der Waals surface area contributed by atoms with Crippen LogP contribution >= 0.6 is 0 Å². The third-order valence-electron chi connectivity index (χ3n) is 3.53. The van der Waals surface area contributed by atoms with Crippen LogP contribution in [0.3, 0.4) is 0 Å². The normalized spacial score (nSPS) is 26.6. The van der Waals surface area contributed by atoms with E-state index in [0.29, 0.717) is 11.8 Å². The van der Waals surface area contributed by atoms with Crippen molar-refractivity contribution >= 4 is 11.7 Å². The molecular weight excluding hydrogens is 221 g/mol. The van der Waals surface area contributed by atoms with E-state index in [9.17, 15) is 9.18 Å². The zero-order valence-corrected chi connectivity index (χ0v) is 10.9. The highest BCUT2D eigenvalue weighted by molar-refractivity contribution is 5.88. The topological polar surface area (TPSA) is 38.7 Å². The minimum absolute atomic E-state index is 0.386. The van der Waals surface area contributed by atoms with Gasteiger partial charge in [-0.05, 0) is 32.1 Å². The van der Waals surface area contributed by atoms with Crippen molar-refractivity contribution in [3.63, 3.8) is 0 Å². The smallest absolute Gasteiger partial charge is 0.315 e. The van der Waals surface area contributed by atoms with Gasteiger partial charge in [0.05, 0.1) is 5.71 Å². The van der Waals surface area contributed by atoms with Gasteiger partial charge in [-0.25, -0.2) is 9.18 Å². The third-order valence-corrected chi connectivity index (χ3v) is 3.53. The van der Waals surface area contributed by atoms with E-state index in [0.717, 1.165) is 38.3 Å². The van der Waals surface area contributed by atoms with Crippen LogP contribution in [0.15, 0.2) is 5.16 Å². The third kappa shape index (κ3) is 4.10. The van der Waals surface area contributed by atoms with E-state index >= 15 is 0 Å². The fourth-order valence-electron chi connectivity index (χ4n) is 2.21. The quantitative estimate of drug-likeness (QED) is 0.560. The fraction of sp³-hybridized carbons (Fsp3) is 0.846. The summed E-state index contributed by atoms with van der Waals surface area (Å²) < 4.78 is 12.6. The summed E-state index contributed by atoms with van der Waals surface area (Å²) >= 11 is 0. The lowest BCUT2D eigenvalue weighted by molar-refractivity contribution is -0.149. The summed E-state index contributed by atoms with van der Waals surface area (Å²) in [6.07, 6.45) is 3.71. The predicted molar refractivity (Wildman–Crippen MR) is 65.5 cm³/mol. The Kier molecular flexibility index (Phi) is 5.59. The van der Waals surface area contributed by atoms with Crippen molar-refractivity contribution in [2.24, 2.45) is 17.0 Å². The Morgan fingerprint density at radius 1 is 1.53 bits per heavy atom. The minimum atomic E-state index is -1.61. The summed E-state index contributed by atoms with van der Waals surface area (Å²) in [6.45, 7) is 5.49. The molecule has 1 rings (SSSR count). The number of nitrogens with zero attached hydrogens (tertiary/aromatic N) is 1. The average Bonchev–Trinajstić information content (AvgIpc) is 2.35. The van der Waals surface area contributed by atoms with Crippen LogP contribution in [0, 0.1) is 11.8 Å². The van der Waals surface area contributed by atoms with Crippen LogP contribution < -0.4 is 0 Å². The van der Waals surface area contributed by atoms with Crippen LogP contribution in [-0.4, -0.2) is 17.9 Å². The van der Waals surface area contributed by atoms with Gasteiger partial charge in [0.1, 0.15) is 0 Å². The molecule has 0 N–H and O–H groups in total. The lowest BCUT2D eigenvalue weighted by atomic mass is 9.78. The van der Waals surface area contributed by atoms with Crippen LogP contribution in [0.4, 0.5) is 4.39 Å². The second-order valence-electron chi connectivity index (χ2n) is 4.85. The highest BCUT2D eigenvalue weighted by atomic mass is 19.1. The van der Waals surface area contributed by atoms with Crippen molar-refractivity contribution in [1.82, 2.24) is 0 Å². The van der Waals surface area contributed by atoms with Gasteiger partial charge in [0.2, 0.25) is 0 Å². The van der Waals surface area contributed by atoms with Gasteiger partial charge in [-0.3, -0.25) is 0 Å². The molecule has 98 valence electrons. The van der Waals surface area contributed by atoms with E-state index in [2.05, 4.69) is 23.8 Å². The second kappa shape index (κ2) is 6.72. The summed E-state index contributed by atoms with van der Waals surface area (Å²) in [6, 6.07) is 0. The van der Waals surface area contributed by atoms with E-state index in [4.69, 9.17) is 0 Å². The number of halogens is 1. The molecule has 17 heavy (non-hydrogen) atoms. The zero-order valence-electron chi connectivity index (χ0n) is 10.9. The lowest BCUT2D eigenvalue weighted by Crippen LogP contribution is -2.26. The zero-order chi connectivity index (χ0) is 12.8. The van der Waals surface area contributed by atoms with Crippen molar-refractivity contribution in [2.45, 2.75) is 59.0 Å². The van der Waals surface area contributed by atoms with Crippen molar-refractivity contribution in [2.75, 3.05) is 0 Å². The Morgan fingerprint density at radius 3 is 2.82 bits per heavy atom. The number of alkyl halides is 1. The molecule has 1 aliphatic rings. The van der Waals surface area contributed by atoms with E-state index in [1.807, 2.05) is 0 Å². The molecule has 3 atom stereocenters. The van der Waals surface area contributed by atoms with E-state index in [1.165, 1.54) is 6.42 Å². The van der Waals surface area contributed by atoms with Crippen LogP contribution in [0.2, 0.25) is 0 Å². The van der Waals surface area contributed by atoms with Crippen LogP contribution in [0.25, 0.3) is 0 Å². The molecule has 0 aromatic rings. The maximum absolute atomic E-state index is 12.6. The fourth-order valence-corrected chi connectivity index (χ4v) is 2.21. The molecule has 1 fully saturated rings. The number of rotatable bonds is 4. The molecule has 0 aliphatic heterocycles. The van der Waals surface area contributed by atoms with Crippen LogP contribution in [0.1, 0.15) is 52.9 Å². The molecule has 0 heterocycles. The molecule has 0 aromatic heterocycles. The number of oxime groups is 1. The monoisotopic (exact) mass is 243 g/mol. The van der Waals surface area contributed by atoms with Crippen molar-refractivity contribution in [1.29, 1.82) is 0 Å². The summed E-state index contributed by atoms with van der Waals surface area (Å²) in [5, 5.41) is 3.88. The van der Waals surface area contributed by atoms with Crippen molar-refractivity contribution < 1.29 is 14.0 Å². The van der Waals surface area contributed by atoms with E-state index < -0.39 is 12.1 Å². The van der Waals surface area contributed by atoms with Gasteiger partial charge < -0.3 is 4.84 Å². The number of hydrogen-bond donors (Lipinski definition) is 0. The molecule has 1 saturated carbocycles. The molecule has 0 radical (unpaired) electrons. The first-order chi connectivity index (χ1) is 8.06. The Morgan fingerprint density at radius 2 is 2.24 bits per heavy atom. The van der Waals surface area contributed by atoms with Gasteiger partial charge in [-0.15, -0.1) is 0 Å². The van der Waals surface area contributed by atoms with Crippen LogP contribution in [0.5, 0.6) is 0 Å². The van der Waals surface area contributed by atoms with E-state index in [1.54, 1.807) is 0 Å². The maximum Gasteiger partial charge on any atom is 0.368 e. The number of hydrogen-bond acceptors (Lipinski definition) is 3. The average molecular weight is 243 g/mol. The molecule has 0 saturated heterocycles. The molecule has 3 unspecified atom stereocenters. The van der Waals surface area contributed by atoms with Crippen molar-refractivity contribution in [3.8, 4) is 0 Å². The Labute approximate surface area is 102 Å². The molecule has 0 bridgehead atoms.